The molecule has 2 aliphatic heterocycles. The predicted molar refractivity (Wildman–Crippen MR) is 193 cm³/mol. The summed E-state index contributed by atoms with van der Waals surface area (Å²) in [7, 11) is -3.88. The Bertz CT molecular complexity index is 1840. The minimum atomic E-state index is -3.88. The molecule has 51 heavy (non-hydrogen) atoms. The topological polar surface area (TPSA) is 173 Å². The van der Waals surface area contributed by atoms with Crippen molar-refractivity contribution in [1.82, 2.24) is 25.2 Å². The zero-order chi connectivity index (χ0) is 36.7. The van der Waals surface area contributed by atoms with Gasteiger partial charge in [0.05, 0.1) is 18.4 Å². The Morgan fingerprint density at radius 1 is 1.16 bits per heavy atom. The number of amides is 4. The van der Waals surface area contributed by atoms with Gasteiger partial charge in [-0.25, -0.2) is 18.2 Å². The second-order valence-corrected chi connectivity index (χ2v) is 17.9. The fraction of sp³-hybridized carbons (Fsp3) is 0.583. The monoisotopic (exact) mass is 741 g/mol. The SMILES string of the molecule is C=C[C@@H]1C[C@]1(NC(=O)[C@@H]1C[C@@H]2CN1C(=O)[C@H](C(C)(C)C)NC(=O)OCCCCCc1cc(SC)c3ccnc(c3c1)O2)C(=O)NS(=O)(=O)C1CC1. The molecule has 4 amide bonds. The van der Waals surface area contributed by atoms with Crippen molar-refractivity contribution in [2.75, 3.05) is 19.4 Å². The van der Waals surface area contributed by atoms with Crippen LogP contribution in [0.4, 0.5) is 4.79 Å². The van der Waals surface area contributed by atoms with E-state index in [9.17, 15) is 27.6 Å². The van der Waals surface area contributed by atoms with Crippen molar-refractivity contribution in [1.29, 1.82) is 0 Å². The Labute approximate surface area is 303 Å². The molecule has 6 rings (SSSR count). The van der Waals surface area contributed by atoms with Gasteiger partial charge in [-0.1, -0.05) is 26.8 Å². The van der Waals surface area contributed by atoms with E-state index in [0.717, 1.165) is 40.5 Å². The lowest BCUT2D eigenvalue weighted by Crippen LogP contribution is -2.60. The molecular formula is C36H47N5O8S2. The van der Waals surface area contributed by atoms with Crippen LogP contribution in [0.15, 0.2) is 41.9 Å². The third-order valence-electron chi connectivity index (χ3n) is 10.2. The first kappa shape index (κ1) is 36.9. The van der Waals surface area contributed by atoms with E-state index < -0.39 is 74.1 Å². The number of nitrogens with one attached hydrogen (secondary N) is 3. The van der Waals surface area contributed by atoms with Gasteiger partial charge in [-0.3, -0.25) is 19.1 Å². The van der Waals surface area contributed by atoms with E-state index in [-0.39, 0.29) is 26.0 Å². The zero-order valence-corrected chi connectivity index (χ0v) is 31.2. The Morgan fingerprint density at radius 3 is 2.59 bits per heavy atom. The molecule has 4 aliphatic rings. The minimum Gasteiger partial charge on any atom is -0.472 e. The van der Waals surface area contributed by atoms with Gasteiger partial charge in [-0.2, -0.15) is 0 Å². The van der Waals surface area contributed by atoms with Crippen molar-refractivity contribution < 1.29 is 37.1 Å². The highest BCUT2D eigenvalue weighted by molar-refractivity contribution is 7.98. The summed E-state index contributed by atoms with van der Waals surface area (Å²) < 4.78 is 39.5. The van der Waals surface area contributed by atoms with Gasteiger partial charge in [0.2, 0.25) is 27.7 Å². The molecule has 0 unspecified atom stereocenters. The summed E-state index contributed by atoms with van der Waals surface area (Å²) in [4.78, 5) is 62.2. The van der Waals surface area contributed by atoms with Gasteiger partial charge in [0.1, 0.15) is 23.7 Å². The van der Waals surface area contributed by atoms with Gasteiger partial charge >= 0.3 is 6.09 Å². The predicted octanol–water partition coefficient (Wildman–Crippen LogP) is 3.84. The third-order valence-corrected chi connectivity index (χ3v) is 12.8. The first-order valence-corrected chi connectivity index (χ1v) is 20.3. The van der Waals surface area contributed by atoms with Crippen LogP contribution in [0.3, 0.4) is 0 Å². The number of aryl methyl sites for hydroxylation is 1. The first-order valence-electron chi connectivity index (χ1n) is 17.5. The summed E-state index contributed by atoms with van der Waals surface area (Å²) in [5, 5.41) is 6.72. The largest absolute Gasteiger partial charge is 0.472 e. The molecule has 2 aromatic rings. The third kappa shape index (κ3) is 7.84. The highest BCUT2D eigenvalue weighted by atomic mass is 32.2. The number of nitrogens with zero attached hydrogens (tertiary/aromatic N) is 2. The average molecular weight is 742 g/mol. The van der Waals surface area contributed by atoms with Crippen LogP contribution in [0.1, 0.15) is 71.3 Å². The molecule has 3 heterocycles. The van der Waals surface area contributed by atoms with Crippen LogP contribution in [-0.2, 0) is 35.6 Å². The summed E-state index contributed by atoms with van der Waals surface area (Å²) in [5.41, 5.74) is -1.19. The van der Waals surface area contributed by atoms with E-state index in [4.69, 9.17) is 9.47 Å². The van der Waals surface area contributed by atoms with Crippen molar-refractivity contribution in [3.8, 4) is 5.88 Å². The molecule has 0 radical (unpaired) electrons. The number of benzene rings is 1. The Balaban J connectivity index is 1.35. The number of cyclic esters (lactones) is 1. The maximum Gasteiger partial charge on any atom is 0.407 e. The molecule has 4 bridgehead atoms. The summed E-state index contributed by atoms with van der Waals surface area (Å²) in [6.07, 6.45) is 8.14. The van der Waals surface area contributed by atoms with Crippen LogP contribution >= 0.6 is 11.8 Å². The van der Waals surface area contributed by atoms with Crippen molar-refractivity contribution in [3.05, 3.63) is 42.6 Å². The highest BCUT2D eigenvalue weighted by Gasteiger charge is 2.62. The maximum absolute atomic E-state index is 14.5. The summed E-state index contributed by atoms with van der Waals surface area (Å²) in [6.45, 7) is 9.38. The van der Waals surface area contributed by atoms with E-state index in [0.29, 0.717) is 25.1 Å². The van der Waals surface area contributed by atoms with Crippen LogP contribution in [0, 0.1) is 11.3 Å². The van der Waals surface area contributed by atoms with Gasteiger partial charge in [-0.05, 0) is 80.4 Å². The molecule has 0 spiro atoms. The molecule has 5 atom stereocenters. The number of ether oxygens (including phenoxy) is 2. The number of alkyl carbamates (subject to hydrolysis) is 1. The van der Waals surface area contributed by atoms with Gasteiger partial charge in [0, 0.05) is 34.2 Å². The number of rotatable bonds is 7. The van der Waals surface area contributed by atoms with Crippen LogP contribution < -0.4 is 20.1 Å². The van der Waals surface area contributed by atoms with Gasteiger partial charge in [-0.15, -0.1) is 18.3 Å². The first-order chi connectivity index (χ1) is 24.2. The Hall–Kier alpha value is -3.85. The van der Waals surface area contributed by atoms with Crippen molar-refractivity contribution in [3.63, 3.8) is 0 Å². The van der Waals surface area contributed by atoms with E-state index in [1.807, 2.05) is 12.3 Å². The van der Waals surface area contributed by atoms with Gasteiger partial charge < -0.3 is 25.0 Å². The van der Waals surface area contributed by atoms with Gasteiger partial charge in [0.25, 0.3) is 5.91 Å². The molecule has 2 aliphatic carbocycles. The summed E-state index contributed by atoms with van der Waals surface area (Å²) in [6, 6.07) is 4.00. The van der Waals surface area contributed by atoms with E-state index in [1.165, 1.54) is 11.0 Å². The Morgan fingerprint density at radius 2 is 1.92 bits per heavy atom. The lowest BCUT2D eigenvalue weighted by atomic mass is 9.85. The molecule has 2 saturated carbocycles. The number of carbonyl (C=O) groups excluding carboxylic acids is 4. The molecular weight excluding hydrogens is 695 g/mol. The number of pyridine rings is 1. The van der Waals surface area contributed by atoms with Crippen molar-refractivity contribution in [2.24, 2.45) is 11.3 Å². The molecule has 1 aromatic heterocycles. The van der Waals surface area contributed by atoms with Crippen LogP contribution in [0.2, 0.25) is 0 Å². The smallest absolute Gasteiger partial charge is 0.407 e. The molecule has 1 aromatic carbocycles. The van der Waals surface area contributed by atoms with E-state index in [1.54, 1.807) is 38.7 Å². The number of fused-ring (bicyclic) bond motifs is 3. The van der Waals surface area contributed by atoms with Crippen LogP contribution in [0.25, 0.3) is 10.8 Å². The molecule has 3 N–H and O–H groups in total. The molecule has 276 valence electrons. The number of aromatic nitrogens is 1. The van der Waals surface area contributed by atoms with Gasteiger partial charge in [0.15, 0.2) is 0 Å². The van der Waals surface area contributed by atoms with Crippen LogP contribution in [-0.4, -0.2) is 90.5 Å². The second-order valence-electron chi connectivity index (χ2n) is 15.1. The normalized spacial score (nSPS) is 27.4. The molecule has 15 heteroatoms. The summed E-state index contributed by atoms with van der Waals surface area (Å²) in [5.74, 6) is -2.11. The Kier molecular flexibility index (Phi) is 10.3. The fourth-order valence-corrected chi connectivity index (χ4v) is 9.02. The van der Waals surface area contributed by atoms with Crippen molar-refractivity contribution >= 4 is 56.4 Å². The maximum atomic E-state index is 14.5. The highest BCUT2D eigenvalue weighted by Crippen LogP contribution is 2.45. The number of hydrogen-bond acceptors (Lipinski definition) is 10. The molecule has 13 nitrogen and oxygen atoms in total. The number of carbonyl (C=O) groups is 4. The second kappa shape index (κ2) is 14.3. The minimum absolute atomic E-state index is 0.00644. The fourth-order valence-electron chi connectivity index (χ4n) is 6.99. The van der Waals surface area contributed by atoms with E-state index in [2.05, 4.69) is 39.1 Å². The number of hydrogen-bond donors (Lipinski definition) is 3. The number of sulfonamides is 1. The number of thioether (sulfide) groups is 1. The van der Waals surface area contributed by atoms with E-state index >= 15 is 0 Å². The lowest BCUT2D eigenvalue weighted by molar-refractivity contribution is -0.142. The standard InChI is InChI=1S/C36H47N5O8S2/c1-6-22-19-36(22,33(44)40-51(46,47)24-11-12-24)39-30(42)27-18-23-20-41(27)32(43)29(35(2,3)4)38-34(45)48-15-9-7-8-10-21-16-26-25(28(17-21)50-5)13-14-37-31(26)49-23/h6,13-14,16-17,22-24,27,29H,1,7-12,15,18-20H2,2-5H3,(H,38,45)(H,39,42)(H,40,44)/t22-,23-,27+,29-,36-/m1/s1. The zero-order valence-electron chi connectivity index (χ0n) is 29.5. The molecule has 1 saturated heterocycles. The summed E-state index contributed by atoms with van der Waals surface area (Å²) >= 11 is 1.63. The average Bonchev–Trinajstić information content (AvgIpc) is 4.00. The lowest BCUT2D eigenvalue weighted by Gasteiger charge is -2.35. The molecule has 3 fully saturated rings. The van der Waals surface area contributed by atoms with Crippen molar-refractivity contribution in [2.45, 2.75) is 106 Å². The van der Waals surface area contributed by atoms with Crippen LogP contribution in [0.5, 0.6) is 5.88 Å². The quantitative estimate of drug-likeness (QED) is 0.280.